The number of nitrogens with one attached hydrogen (secondary N) is 1. The summed E-state index contributed by atoms with van der Waals surface area (Å²) in [7, 11) is 0. The third-order valence-electron chi connectivity index (χ3n) is 3.94. The van der Waals surface area contributed by atoms with Crippen molar-refractivity contribution in [3.8, 4) is 11.5 Å². The van der Waals surface area contributed by atoms with Crippen molar-refractivity contribution in [1.82, 2.24) is 24.8 Å². The summed E-state index contributed by atoms with van der Waals surface area (Å²) in [5.74, 6) is 0.0587. The molecular weight excluding hydrogens is 379 g/mol. The number of nitrogens with zero attached hydrogens (tertiary/aromatic N) is 5. The highest BCUT2D eigenvalue weighted by atomic mass is 32.2. The molecule has 0 saturated heterocycles. The molecular formula is C19H15FN6OS. The number of carbonyl (C=O) groups is 1. The summed E-state index contributed by atoms with van der Waals surface area (Å²) < 4.78 is 15.2. The van der Waals surface area contributed by atoms with Gasteiger partial charge in [0.1, 0.15) is 16.5 Å². The number of anilines is 1. The van der Waals surface area contributed by atoms with E-state index in [-0.39, 0.29) is 17.5 Å². The van der Waals surface area contributed by atoms with Gasteiger partial charge in [0.25, 0.3) is 0 Å². The van der Waals surface area contributed by atoms with Gasteiger partial charge in [-0.15, -0.1) is 10.2 Å². The lowest BCUT2D eigenvalue weighted by molar-refractivity contribution is -0.113. The van der Waals surface area contributed by atoms with E-state index in [1.54, 1.807) is 41.9 Å². The van der Waals surface area contributed by atoms with E-state index >= 15 is 0 Å². The molecule has 1 N–H and O–H groups in total. The Morgan fingerprint density at radius 3 is 2.86 bits per heavy atom. The molecule has 0 spiro atoms. The molecule has 9 heteroatoms. The number of carbonyl (C=O) groups excluding carboxylic acids is 1. The van der Waals surface area contributed by atoms with Gasteiger partial charge in [0.2, 0.25) is 11.7 Å². The Hall–Kier alpha value is -3.33. The Bertz CT molecular complexity index is 1150. The largest absolute Gasteiger partial charge is 0.325 e. The van der Waals surface area contributed by atoms with Crippen molar-refractivity contribution in [2.75, 3.05) is 11.1 Å². The first-order valence-electron chi connectivity index (χ1n) is 8.43. The number of rotatable bonds is 5. The number of thioether (sulfide) groups is 1. The van der Waals surface area contributed by atoms with Crippen LogP contribution in [0.2, 0.25) is 0 Å². The number of benzene rings is 1. The molecule has 7 nitrogen and oxygen atoms in total. The lowest BCUT2D eigenvalue weighted by Gasteiger charge is -2.06. The van der Waals surface area contributed by atoms with Crippen LogP contribution in [0.4, 0.5) is 10.1 Å². The third kappa shape index (κ3) is 3.84. The highest BCUT2D eigenvalue weighted by Crippen LogP contribution is 2.20. The highest BCUT2D eigenvalue weighted by Gasteiger charge is 2.12. The smallest absolute Gasteiger partial charge is 0.234 e. The van der Waals surface area contributed by atoms with Crippen LogP contribution in [0.3, 0.4) is 0 Å². The third-order valence-corrected chi connectivity index (χ3v) is 4.86. The normalized spacial score (nSPS) is 10.9. The topological polar surface area (TPSA) is 85.1 Å². The minimum atomic E-state index is -0.354. The number of halogens is 1. The summed E-state index contributed by atoms with van der Waals surface area (Å²) >= 11 is 1.26. The molecule has 0 bridgehead atoms. The van der Waals surface area contributed by atoms with Gasteiger partial charge in [-0.05, 0) is 48.9 Å². The van der Waals surface area contributed by atoms with Crippen molar-refractivity contribution in [3.05, 3.63) is 66.1 Å². The fourth-order valence-corrected chi connectivity index (χ4v) is 3.17. The zero-order chi connectivity index (χ0) is 19.5. The number of fused-ring (bicyclic) bond motifs is 1. The van der Waals surface area contributed by atoms with Gasteiger partial charge in [0, 0.05) is 11.9 Å². The SMILES string of the molecule is Cc1ccc(NC(=O)CSc2ccc3nnc(-c4ccccn4)n3n2)cc1F. The Morgan fingerprint density at radius 2 is 2.07 bits per heavy atom. The van der Waals surface area contributed by atoms with E-state index in [1.165, 1.54) is 17.8 Å². The molecule has 1 amide bonds. The molecule has 4 aromatic rings. The van der Waals surface area contributed by atoms with Gasteiger partial charge in [-0.25, -0.2) is 4.39 Å². The van der Waals surface area contributed by atoms with Crippen molar-refractivity contribution in [1.29, 1.82) is 0 Å². The first-order chi connectivity index (χ1) is 13.6. The highest BCUT2D eigenvalue weighted by molar-refractivity contribution is 7.99. The van der Waals surface area contributed by atoms with Crippen molar-refractivity contribution in [3.63, 3.8) is 0 Å². The number of aryl methyl sites for hydroxylation is 1. The molecule has 0 saturated carbocycles. The van der Waals surface area contributed by atoms with Gasteiger partial charge >= 0.3 is 0 Å². The van der Waals surface area contributed by atoms with Crippen LogP contribution in [-0.4, -0.2) is 36.5 Å². The maximum absolute atomic E-state index is 13.6. The predicted molar refractivity (Wildman–Crippen MR) is 105 cm³/mol. The zero-order valence-corrected chi connectivity index (χ0v) is 15.7. The molecule has 0 aliphatic rings. The predicted octanol–water partition coefficient (Wildman–Crippen LogP) is 3.36. The lowest BCUT2D eigenvalue weighted by Crippen LogP contribution is -2.14. The number of hydrogen-bond acceptors (Lipinski definition) is 6. The molecule has 3 aromatic heterocycles. The molecule has 140 valence electrons. The van der Waals surface area contributed by atoms with Gasteiger partial charge in [-0.3, -0.25) is 9.78 Å². The summed E-state index contributed by atoms with van der Waals surface area (Å²) in [6.45, 7) is 1.67. The van der Waals surface area contributed by atoms with Gasteiger partial charge in [0.05, 0.1) is 5.75 Å². The Balaban J connectivity index is 1.47. The van der Waals surface area contributed by atoms with Crippen LogP contribution in [0, 0.1) is 12.7 Å². The monoisotopic (exact) mass is 394 g/mol. The maximum atomic E-state index is 13.6. The van der Waals surface area contributed by atoms with E-state index in [0.29, 0.717) is 33.4 Å². The zero-order valence-electron chi connectivity index (χ0n) is 14.8. The lowest BCUT2D eigenvalue weighted by atomic mass is 10.2. The number of hydrogen-bond donors (Lipinski definition) is 1. The Labute approximate surface area is 164 Å². The van der Waals surface area contributed by atoms with Gasteiger partial charge in [-0.1, -0.05) is 23.9 Å². The Kier molecular flexibility index (Phi) is 4.98. The molecule has 0 radical (unpaired) electrons. The van der Waals surface area contributed by atoms with Crippen molar-refractivity contribution < 1.29 is 9.18 Å². The minimum Gasteiger partial charge on any atom is -0.325 e. The average molecular weight is 394 g/mol. The van der Waals surface area contributed by atoms with Crippen LogP contribution in [0.5, 0.6) is 0 Å². The van der Waals surface area contributed by atoms with Crippen LogP contribution in [-0.2, 0) is 4.79 Å². The molecule has 3 heterocycles. The van der Waals surface area contributed by atoms with Crippen LogP contribution in [0.25, 0.3) is 17.2 Å². The van der Waals surface area contributed by atoms with E-state index in [0.717, 1.165) is 0 Å². The van der Waals surface area contributed by atoms with Gasteiger partial charge < -0.3 is 5.32 Å². The van der Waals surface area contributed by atoms with Crippen LogP contribution in [0.1, 0.15) is 5.56 Å². The summed E-state index contributed by atoms with van der Waals surface area (Å²) in [6.07, 6.45) is 1.67. The van der Waals surface area contributed by atoms with E-state index in [1.807, 2.05) is 18.2 Å². The number of amides is 1. The second-order valence-electron chi connectivity index (χ2n) is 5.98. The van der Waals surface area contributed by atoms with Crippen LogP contribution in [0.15, 0.2) is 59.8 Å². The van der Waals surface area contributed by atoms with Crippen LogP contribution < -0.4 is 5.32 Å². The standard InChI is InChI=1S/C19H15FN6OS/c1-12-5-6-13(10-14(12)20)22-17(27)11-28-18-8-7-16-23-24-19(26(16)25-18)15-4-2-3-9-21-15/h2-10H,11H2,1H3,(H,22,27). The molecule has 28 heavy (non-hydrogen) atoms. The van der Waals surface area contributed by atoms with E-state index in [9.17, 15) is 9.18 Å². The summed E-state index contributed by atoms with van der Waals surface area (Å²) in [5, 5.41) is 16.0. The number of aromatic nitrogens is 5. The summed E-state index contributed by atoms with van der Waals surface area (Å²) in [6, 6.07) is 13.7. The molecule has 0 aliphatic heterocycles. The first kappa shape index (κ1) is 18.1. The molecule has 0 unspecified atom stereocenters. The van der Waals surface area contributed by atoms with Crippen molar-refractivity contribution in [2.45, 2.75) is 11.9 Å². The first-order valence-corrected chi connectivity index (χ1v) is 9.41. The van der Waals surface area contributed by atoms with Gasteiger partial charge in [0.15, 0.2) is 5.65 Å². The fourth-order valence-electron chi connectivity index (χ4n) is 2.51. The van der Waals surface area contributed by atoms with Crippen molar-refractivity contribution in [2.24, 2.45) is 0 Å². The second kappa shape index (κ2) is 7.73. The summed E-state index contributed by atoms with van der Waals surface area (Å²) in [4.78, 5) is 16.4. The molecule has 0 aliphatic carbocycles. The van der Waals surface area contributed by atoms with E-state index in [2.05, 4.69) is 25.6 Å². The van der Waals surface area contributed by atoms with Crippen molar-refractivity contribution >= 4 is 29.0 Å². The minimum absolute atomic E-state index is 0.134. The molecule has 0 fully saturated rings. The summed E-state index contributed by atoms with van der Waals surface area (Å²) in [5.41, 5.74) is 2.20. The van der Waals surface area contributed by atoms with Gasteiger partial charge in [-0.2, -0.15) is 9.61 Å². The molecule has 0 atom stereocenters. The second-order valence-corrected chi connectivity index (χ2v) is 6.98. The quantitative estimate of drug-likeness (QED) is 0.523. The Morgan fingerprint density at radius 1 is 1.18 bits per heavy atom. The van der Waals surface area contributed by atoms with Crippen LogP contribution >= 0.6 is 11.8 Å². The number of pyridine rings is 1. The molecule has 4 rings (SSSR count). The average Bonchev–Trinajstić information content (AvgIpc) is 3.13. The van der Waals surface area contributed by atoms with E-state index < -0.39 is 0 Å². The van der Waals surface area contributed by atoms with E-state index in [4.69, 9.17) is 0 Å². The maximum Gasteiger partial charge on any atom is 0.234 e. The fraction of sp³-hybridized carbons (Fsp3) is 0.105. The molecule has 1 aromatic carbocycles.